The molecule has 1 aliphatic heterocycles. The van der Waals surface area contributed by atoms with Crippen molar-refractivity contribution < 1.29 is 18.3 Å². The van der Waals surface area contributed by atoms with Crippen molar-refractivity contribution in [2.24, 2.45) is 0 Å². The molecule has 1 aromatic heterocycles. The van der Waals surface area contributed by atoms with E-state index in [1.54, 1.807) is 18.3 Å². The number of piperazine rings is 1. The molecule has 0 radical (unpaired) electrons. The lowest BCUT2D eigenvalue weighted by atomic mass is 10.2. The molecule has 2 heterocycles. The Morgan fingerprint density at radius 1 is 1.16 bits per heavy atom. The van der Waals surface area contributed by atoms with Crippen molar-refractivity contribution in [3.63, 3.8) is 0 Å². The molecule has 1 saturated heterocycles. The summed E-state index contributed by atoms with van der Waals surface area (Å²) in [4.78, 5) is 7.55. The fourth-order valence-corrected chi connectivity index (χ4v) is 2.09. The van der Waals surface area contributed by atoms with Crippen LogP contribution in [-0.4, -0.2) is 53.9 Å². The molecule has 0 atom stereocenters. The number of nitrogens with zero attached hydrogens (tertiary/aromatic N) is 3. The van der Waals surface area contributed by atoms with E-state index < -0.39 is 12.7 Å². The Balaban J connectivity index is 1.88. The summed E-state index contributed by atoms with van der Waals surface area (Å²) in [5.41, 5.74) is 0.722. The van der Waals surface area contributed by atoms with Gasteiger partial charge in [0.25, 0.3) is 0 Å². The summed E-state index contributed by atoms with van der Waals surface area (Å²) in [6, 6.07) is 3.55. The number of halogens is 3. The lowest BCUT2D eigenvalue weighted by Gasteiger charge is -2.35. The minimum atomic E-state index is -4.14. The maximum Gasteiger partial charge on any atom is 0.401 e. The van der Waals surface area contributed by atoms with Gasteiger partial charge in [-0.25, -0.2) is 4.98 Å². The van der Waals surface area contributed by atoms with Gasteiger partial charge in [-0.05, 0) is 11.6 Å². The Morgan fingerprint density at radius 3 is 2.32 bits per heavy atom. The van der Waals surface area contributed by atoms with Crippen LogP contribution in [-0.2, 0) is 6.61 Å². The minimum Gasteiger partial charge on any atom is -0.392 e. The molecule has 4 nitrogen and oxygen atoms in total. The second-order valence-electron chi connectivity index (χ2n) is 4.56. The maximum atomic E-state index is 12.3. The molecule has 0 aromatic carbocycles. The summed E-state index contributed by atoms with van der Waals surface area (Å²) < 4.78 is 36.8. The van der Waals surface area contributed by atoms with Gasteiger partial charge in [0, 0.05) is 32.4 Å². The van der Waals surface area contributed by atoms with Crippen LogP contribution in [0.25, 0.3) is 0 Å². The number of rotatable bonds is 3. The normalized spacial score (nSPS) is 17.8. The number of pyridine rings is 1. The van der Waals surface area contributed by atoms with Crippen molar-refractivity contribution in [2.75, 3.05) is 37.6 Å². The van der Waals surface area contributed by atoms with Crippen molar-refractivity contribution in [1.29, 1.82) is 0 Å². The van der Waals surface area contributed by atoms with Gasteiger partial charge in [-0.3, -0.25) is 4.90 Å². The molecule has 19 heavy (non-hydrogen) atoms. The van der Waals surface area contributed by atoms with Gasteiger partial charge in [-0.1, -0.05) is 6.07 Å². The van der Waals surface area contributed by atoms with Crippen LogP contribution >= 0.6 is 0 Å². The van der Waals surface area contributed by atoms with Crippen LogP contribution in [0.2, 0.25) is 0 Å². The first-order valence-corrected chi connectivity index (χ1v) is 6.08. The Kier molecular flexibility index (Phi) is 4.26. The van der Waals surface area contributed by atoms with Gasteiger partial charge in [-0.2, -0.15) is 13.2 Å². The molecule has 1 fully saturated rings. The van der Waals surface area contributed by atoms with Gasteiger partial charge in [0.2, 0.25) is 0 Å². The standard InChI is InChI=1S/C12H16F3N3O/c13-12(14,15)9-17-3-5-18(6-4-17)11-2-1-10(8-19)7-16-11/h1-2,7,19H,3-6,8-9H2. The van der Waals surface area contributed by atoms with E-state index in [1.165, 1.54) is 4.90 Å². The lowest BCUT2D eigenvalue weighted by molar-refractivity contribution is -0.146. The fraction of sp³-hybridized carbons (Fsp3) is 0.583. The van der Waals surface area contributed by atoms with E-state index in [0.717, 1.165) is 11.4 Å². The largest absolute Gasteiger partial charge is 0.401 e. The predicted molar refractivity (Wildman–Crippen MR) is 64.9 cm³/mol. The average molecular weight is 275 g/mol. The highest BCUT2D eigenvalue weighted by molar-refractivity contribution is 5.39. The molecule has 0 aliphatic carbocycles. The highest BCUT2D eigenvalue weighted by Gasteiger charge is 2.32. The number of aromatic nitrogens is 1. The highest BCUT2D eigenvalue weighted by atomic mass is 19.4. The number of aliphatic hydroxyl groups is 1. The van der Waals surface area contributed by atoms with Crippen molar-refractivity contribution in [3.05, 3.63) is 23.9 Å². The van der Waals surface area contributed by atoms with Gasteiger partial charge in [0.1, 0.15) is 5.82 Å². The molecular formula is C12H16F3N3O. The van der Waals surface area contributed by atoms with Crippen LogP contribution in [0.15, 0.2) is 18.3 Å². The zero-order chi connectivity index (χ0) is 13.9. The van der Waals surface area contributed by atoms with Crippen LogP contribution in [0.3, 0.4) is 0 Å². The van der Waals surface area contributed by atoms with Crippen molar-refractivity contribution in [1.82, 2.24) is 9.88 Å². The lowest BCUT2D eigenvalue weighted by Crippen LogP contribution is -2.49. The monoisotopic (exact) mass is 275 g/mol. The molecule has 0 amide bonds. The molecule has 1 N–H and O–H groups in total. The molecule has 106 valence electrons. The molecule has 0 unspecified atom stereocenters. The predicted octanol–water partition coefficient (Wildman–Crippen LogP) is 1.26. The molecule has 7 heteroatoms. The quantitative estimate of drug-likeness (QED) is 0.901. The summed E-state index contributed by atoms with van der Waals surface area (Å²) in [6.07, 6.45) is -2.55. The van der Waals surface area contributed by atoms with E-state index in [1.807, 2.05) is 4.90 Å². The molecular weight excluding hydrogens is 259 g/mol. The Labute approximate surface area is 109 Å². The third kappa shape index (κ3) is 4.07. The summed E-state index contributed by atoms with van der Waals surface area (Å²) in [5.74, 6) is 0.740. The smallest absolute Gasteiger partial charge is 0.392 e. The van der Waals surface area contributed by atoms with E-state index in [0.29, 0.717) is 26.2 Å². The van der Waals surface area contributed by atoms with Crippen LogP contribution in [0.1, 0.15) is 5.56 Å². The number of hydrogen-bond acceptors (Lipinski definition) is 4. The SMILES string of the molecule is OCc1ccc(N2CCN(CC(F)(F)F)CC2)nc1. The van der Waals surface area contributed by atoms with Gasteiger partial charge in [0.15, 0.2) is 0 Å². The third-order valence-electron chi connectivity index (χ3n) is 3.09. The van der Waals surface area contributed by atoms with Gasteiger partial charge < -0.3 is 10.0 Å². The molecule has 0 bridgehead atoms. The van der Waals surface area contributed by atoms with Crippen molar-refractivity contribution in [2.45, 2.75) is 12.8 Å². The summed E-state index contributed by atoms with van der Waals surface area (Å²) in [6.45, 7) is 0.902. The Hall–Kier alpha value is -1.34. The Morgan fingerprint density at radius 2 is 1.84 bits per heavy atom. The zero-order valence-corrected chi connectivity index (χ0v) is 10.4. The van der Waals surface area contributed by atoms with E-state index in [4.69, 9.17) is 5.11 Å². The topological polar surface area (TPSA) is 39.6 Å². The molecule has 1 aromatic rings. The molecule has 2 rings (SSSR count). The molecule has 1 aliphatic rings. The highest BCUT2D eigenvalue weighted by Crippen LogP contribution is 2.19. The number of anilines is 1. The Bertz CT molecular complexity index is 400. The summed E-state index contributed by atoms with van der Waals surface area (Å²) >= 11 is 0. The number of alkyl halides is 3. The van der Waals surface area contributed by atoms with Crippen molar-refractivity contribution in [3.8, 4) is 0 Å². The van der Waals surface area contributed by atoms with Crippen molar-refractivity contribution >= 4 is 5.82 Å². The van der Waals surface area contributed by atoms with Crippen LogP contribution in [0.4, 0.5) is 19.0 Å². The summed E-state index contributed by atoms with van der Waals surface area (Å²) in [5, 5.41) is 8.91. The maximum absolute atomic E-state index is 12.3. The number of aliphatic hydroxyl groups excluding tert-OH is 1. The van der Waals surface area contributed by atoms with Crippen LogP contribution in [0, 0.1) is 0 Å². The third-order valence-corrected chi connectivity index (χ3v) is 3.09. The summed E-state index contributed by atoms with van der Waals surface area (Å²) in [7, 11) is 0. The van der Waals surface area contributed by atoms with E-state index in [2.05, 4.69) is 4.98 Å². The van der Waals surface area contributed by atoms with E-state index in [9.17, 15) is 13.2 Å². The fourth-order valence-electron chi connectivity index (χ4n) is 2.09. The second kappa shape index (κ2) is 5.75. The van der Waals surface area contributed by atoms with Gasteiger partial charge in [0.05, 0.1) is 13.2 Å². The van der Waals surface area contributed by atoms with E-state index >= 15 is 0 Å². The molecule has 0 spiro atoms. The van der Waals surface area contributed by atoms with Crippen LogP contribution < -0.4 is 4.90 Å². The average Bonchev–Trinajstić information content (AvgIpc) is 2.38. The van der Waals surface area contributed by atoms with Gasteiger partial charge >= 0.3 is 6.18 Å². The van der Waals surface area contributed by atoms with Crippen LogP contribution in [0.5, 0.6) is 0 Å². The zero-order valence-electron chi connectivity index (χ0n) is 10.4. The second-order valence-corrected chi connectivity index (χ2v) is 4.56. The van der Waals surface area contributed by atoms with Gasteiger partial charge in [-0.15, -0.1) is 0 Å². The first kappa shape index (κ1) is 14.1. The number of hydrogen-bond donors (Lipinski definition) is 1. The first-order chi connectivity index (χ1) is 8.98. The minimum absolute atomic E-state index is 0.0629. The first-order valence-electron chi connectivity index (χ1n) is 6.08. The molecule has 0 saturated carbocycles. The van der Waals surface area contributed by atoms with E-state index in [-0.39, 0.29) is 6.61 Å².